The van der Waals surface area contributed by atoms with Crippen LogP contribution in [0.5, 0.6) is 0 Å². The second-order valence-electron chi connectivity index (χ2n) is 5.18. The van der Waals surface area contributed by atoms with Crippen molar-refractivity contribution in [3.8, 4) is 0 Å². The molecule has 1 saturated heterocycles. The molecule has 0 bridgehead atoms. The van der Waals surface area contributed by atoms with Crippen LogP contribution in [0.25, 0.3) is 0 Å². The number of carbonyl (C=O) groups excluding carboxylic acids is 1. The molecule has 2 fully saturated rings. The van der Waals surface area contributed by atoms with E-state index in [0.717, 1.165) is 25.7 Å². The zero-order valence-corrected chi connectivity index (χ0v) is 11.5. The van der Waals surface area contributed by atoms with Gasteiger partial charge in [0.25, 0.3) is 0 Å². The molecular formula is C12H21NO4S. The van der Waals surface area contributed by atoms with Gasteiger partial charge in [0, 0.05) is 13.1 Å². The van der Waals surface area contributed by atoms with E-state index < -0.39 is 9.84 Å². The molecule has 1 heterocycles. The Labute approximate surface area is 108 Å². The summed E-state index contributed by atoms with van der Waals surface area (Å²) in [6.07, 6.45) is 5.54. The molecule has 0 aromatic heterocycles. The third-order valence-corrected chi connectivity index (χ3v) is 5.25. The molecule has 1 saturated carbocycles. The Morgan fingerprint density at radius 2 is 1.72 bits per heavy atom. The van der Waals surface area contributed by atoms with E-state index in [4.69, 9.17) is 4.74 Å². The summed E-state index contributed by atoms with van der Waals surface area (Å²) < 4.78 is 27.9. The van der Waals surface area contributed by atoms with Crippen LogP contribution in [-0.2, 0) is 19.4 Å². The second-order valence-corrected chi connectivity index (χ2v) is 7.48. The first-order valence-corrected chi connectivity index (χ1v) is 8.49. The van der Waals surface area contributed by atoms with Gasteiger partial charge in [0.2, 0.25) is 0 Å². The van der Waals surface area contributed by atoms with Crippen LogP contribution in [0.15, 0.2) is 0 Å². The van der Waals surface area contributed by atoms with Crippen LogP contribution in [0.4, 0.5) is 0 Å². The minimum absolute atomic E-state index is 0.0831. The first-order valence-electron chi connectivity index (χ1n) is 6.67. The lowest BCUT2D eigenvalue weighted by Crippen LogP contribution is -2.43. The minimum atomic E-state index is -2.87. The van der Waals surface area contributed by atoms with Gasteiger partial charge in [-0.15, -0.1) is 0 Å². The number of hydrogen-bond acceptors (Lipinski definition) is 5. The summed E-state index contributed by atoms with van der Waals surface area (Å²) in [6.45, 7) is 1.12. The fourth-order valence-electron chi connectivity index (χ4n) is 2.50. The highest BCUT2D eigenvalue weighted by atomic mass is 32.2. The number of ether oxygens (including phenoxy) is 1. The Morgan fingerprint density at radius 3 is 2.33 bits per heavy atom. The predicted molar refractivity (Wildman–Crippen MR) is 68.1 cm³/mol. The monoisotopic (exact) mass is 275 g/mol. The van der Waals surface area contributed by atoms with E-state index in [-0.39, 0.29) is 30.1 Å². The Bertz CT molecular complexity index is 373. The van der Waals surface area contributed by atoms with Gasteiger partial charge >= 0.3 is 5.97 Å². The van der Waals surface area contributed by atoms with E-state index in [9.17, 15) is 13.2 Å². The van der Waals surface area contributed by atoms with Crippen LogP contribution < -0.4 is 0 Å². The third kappa shape index (κ3) is 4.24. The molecule has 104 valence electrons. The molecule has 0 amide bonds. The molecule has 1 aliphatic heterocycles. The fourth-order valence-corrected chi connectivity index (χ4v) is 3.77. The van der Waals surface area contributed by atoms with Crippen molar-refractivity contribution in [2.24, 2.45) is 0 Å². The van der Waals surface area contributed by atoms with Gasteiger partial charge in [0.1, 0.15) is 6.10 Å². The Balaban J connectivity index is 1.71. The minimum Gasteiger partial charge on any atom is -0.461 e. The Morgan fingerprint density at radius 1 is 1.11 bits per heavy atom. The molecule has 0 N–H and O–H groups in total. The molecule has 0 radical (unpaired) electrons. The summed E-state index contributed by atoms with van der Waals surface area (Å²) in [5, 5.41) is 0. The average molecular weight is 275 g/mol. The van der Waals surface area contributed by atoms with E-state index in [1.165, 1.54) is 6.42 Å². The third-order valence-electron chi connectivity index (χ3n) is 3.64. The maximum atomic E-state index is 11.7. The molecule has 2 rings (SSSR count). The molecule has 2 aliphatic rings. The lowest BCUT2D eigenvalue weighted by molar-refractivity contribution is -0.151. The van der Waals surface area contributed by atoms with Crippen LogP contribution in [0, 0.1) is 0 Å². The summed E-state index contributed by atoms with van der Waals surface area (Å²) in [5.74, 6) is 0.106. The lowest BCUT2D eigenvalue weighted by Gasteiger charge is -2.27. The highest BCUT2D eigenvalue weighted by Crippen LogP contribution is 2.20. The zero-order valence-electron chi connectivity index (χ0n) is 10.6. The average Bonchev–Trinajstić information content (AvgIpc) is 2.33. The highest BCUT2D eigenvalue weighted by Gasteiger charge is 2.24. The van der Waals surface area contributed by atoms with Gasteiger partial charge in [0.15, 0.2) is 9.84 Å². The van der Waals surface area contributed by atoms with E-state index >= 15 is 0 Å². The number of carbonyl (C=O) groups is 1. The van der Waals surface area contributed by atoms with Gasteiger partial charge in [-0.25, -0.2) is 8.42 Å². The van der Waals surface area contributed by atoms with Crippen molar-refractivity contribution in [3.63, 3.8) is 0 Å². The van der Waals surface area contributed by atoms with Crippen molar-refractivity contribution in [2.45, 2.75) is 38.2 Å². The van der Waals surface area contributed by atoms with Crippen LogP contribution >= 0.6 is 0 Å². The number of rotatable bonds is 3. The molecule has 0 aromatic carbocycles. The molecule has 0 unspecified atom stereocenters. The van der Waals surface area contributed by atoms with E-state index in [2.05, 4.69) is 0 Å². The predicted octanol–water partition coefficient (Wildman–Crippen LogP) is 0.593. The van der Waals surface area contributed by atoms with Crippen molar-refractivity contribution in [1.29, 1.82) is 0 Å². The van der Waals surface area contributed by atoms with Gasteiger partial charge < -0.3 is 4.74 Å². The second kappa shape index (κ2) is 6.02. The number of hydrogen-bond donors (Lipinski definition) is 0. The zero-order chi connectivity index (χ0) is 13.0. The van der Waals surface area contributed by atoms with Crippen molar-refractivity contribution in [1.82, 2.24) is 4.90 Å². The van der Waals surface area contributed by atoms with Crippen LogP contribution in [0.3, 0.4) is 0 Å². The molecular weight excluding hydrogens is 254 g/mol. The van der Waals surface area contributed by atoms with Gasteiger partial charge in [-0.1, -0.05) is 6.42 Å². The largest absolute Gasteiger partial charge is 0.461 e. The molecule has 0 spiro atoms. The SMILES string of the molecule is O=C(CN1CCS(=O)(=O)CC1)OC1CCCCC1. The number of sulfone groups is 1. The van der Waals surface area contributed by atoms with Crippen LogP contribution in [-0.4, -0.2) is 56.5 Å². The van der Waals surface area contributed by atoms with Crippen molar-refractivity contribution in [2.75, 3.05) is 31.1 Å². The number of esters is 1. The van der Waals surface area contributed by atoms with Gasteiger partial charge in [-0.3, -0.25) is 9.69 Å². The molecule has 0 atom stereocenters. The standard InChI is InChI=1S/C12H21NO4S/c14-12(17-11-4-2-1-3-5-11)10-13-6-8-18(15,16)9-7-13/h11H,1-10H2. The van der Waals surface area contributed by atoms with E-state index in [1.807, 2.05) is 4.90 Å². The molecule has 6 heteroatoms. The lowest BCUT2D eigenvalue weighted by atomic mass is 9.98. The molecule has 18 heavy (non-hydrogen) atoms. The summed E-state index contributed by atoms with van der Waals surface area (Å²) >= 11 is 0. The smallest absolute Gasteiger partial charge is 0.320 e. The number of nitrogens with zero attached hydrogens (tertiary/aromatic N) is 1. The quantitative estimate of drug-likeness (QED) is 0.706. The van der Waals surface area contributed by atoms with Gasteiger partial charge in [-0.2, -0.15) is 0 Å². The van der Waals surface area contributed by atoms with Crippen molar-refractivity contribution in [3.05, 3.63) is 0 Å². The first-order chi connectivity index (χ1) is 8.55. The van der Waals surface area contributed by atoms with Crippen LogP contribution in [0.2, 0.25) is 0 Å². The Hall–Kier alpha value is -0.620. The maximum Gasteiger partial charge on any atom is 0.320 e. The van der Waals surface area contributed by atoms with E-state index in [1.54, 1.807) is 0 Å². The van der Waals surface area contributed by atoms with Crippen LogP contribution in [0.1, 0.15) is 32.1 Å². The molecule has 0 aromatic rings. The fraction of sp³-hybridized carbons (Fsp3) is 0.917. The normalized spacial score (nSPS) is 25.8. The molecule has 5 nitrogen and oxygen atoms in total. The highest BCUT2D eigenvalue weighted by molar-refractivity contribution is 7.91. The first kappa shape index (κ1) is 13.8. The van der Waals surface area contributed by atoms with Crippen molar-refractivity contribution >= 4 is 15.8 Å². The maximum absolute atomic E-state index is 11.7. The van der Waals surface area contributed by atoms with E-state index in [0.29, 0.717) is 13.1 Å². The summed E-state index contributed by atoms with van der Waals surface area (Å²) in [5.41, 5.74) is 0. The molecule has 1 aliphatic carbocycles. The Kier molecular flexibility index (Phi) is 4.61. The van der Waals surface area contributed by atoms with Gasteiger partial charge in [0.05, 0.1) is 18.1 Å². The summed E-state index contributed by atoms with van der Waals surface area (Å²) in [6, 6.07) is 0. The summed E-state index contributed by atoms with van der Waals surface area (Å²) in [4.78, 5) is 13.6. The summed E-state index contributed by atoms with van der Waals surface area (Å²) in [7, 11) is -2.87. The topological polar surface area (TPSA) is 63.7 Å². The van der Waals surface area contributed by atoms with Gasteiger partial charge in [-0.05, 0) is 25.7 Å². The van der Waals surface area contributed by atoms with Crippen molar-refractivity contribution < 1.29 is 17.9 Å².